The number of amides is 4. The molecular formula is C51H64ClN13O5S2. The quantitative estimate of drug-likeness (QED) is 0.0524. The fraction of sp³-hybridized carbons (Fsp3) is 0.471. The van der Waals surface area contributed by atoms with E-state index in [4.69, 9.17) is 16.3 Å². The Labute approximate surface area is 433 Å². The number of H-pyrrole nitrogens is 1. The molecule has 8 rings (SSSR count). The molecule has 382 valence electrons. The van der Waals surface area contributed by atoms with Gasteiger partial charge in [-0.2, -0.15) is 0 Å². The molecule has 21 heteroatoms. The SMILES string of the molecule is Cc1cc(-n2ccnc2)ccc1CSc1nnc(C(=O)N(C)CCCCCC(=O)N2CCN(CC[C@H](NC(=O)C3(NC(=O)OC(C)(C)C)CCN(c4ncnc5[nH]ccc45)CC3)c3ccc(Cl)cc3)CC2)s1. The number of rotatable bonds is 19. The number of imidazole rings is 1. The van der Waals surface area contributed by atoms with E-state index in [1.165, 1.54) is 28.8 Å². The normalized spacial score (nSPS) is 15.6. The van der Waals surface area contributed by atoms with E-state index >= 15 is 0 Å². The number of piperidine rings is 1. The predicted molar refractivity (Wildman–Crippen MR) is 281 cm³/mol. The Morgan fingerprint density at radius 1 is 0.972 bits per heavy atom. The van der Waals surface area contributed by atoms with Gasteiger partial charge in [0, 0.05) is 101 Å². The number of thioether (sulfide) groups is 1. The molecular weight excluding hydrogens is 974 g/mol. The minimum atomic E-state index is -1.24. The zero-order chi connectivity index (χ0) is 50.8. The molecule has 4 amide bonds. The molecule has 6 heterocycles. The third-order valence-electron chi connectivity index (χ3n) is 13.3. The number of nitrogens with zero attached hydrogens (tertiary/aromatic N) is 10. The number of aromatic amines is 1. The van der Waals surface area contributed by atoms with Crippen LogP contribution < -0.4 is 15.5 Å². The van der Waals surface area contributed by atoms with Gasteiger partial charge in [-0.3, -0.25) is 19.3 Å². The lowest BCUT2D eigenvalue weighted by atomic mass is 9.85. The first-order valence-electron chi connectivity index (χ1n) is 24.5. The Bertz CT molecular complexity index is 2780. The number of hydrogen-bond donors (Lipinski definition) is 3. The lowest BCUT2D eigenvalue weighted by Gasteiger charge is -2.42. The van der Waals surface area contributed by atoms with Crippen LogP contribution in [0.4, 0.5) is 10.6 Å². The Kier molecular flexibility index (Phi) is 17.1. The molecule has 2 fully saturated rings. The van der Waals surface area contributed by atoms with E-state index in [-0.39, 0.29) is 23.8 Å². The van der Waals surface area contributed by atoms with Crippen LogP contribution in [-0.2, 0) is 20.1 Å². The molecule has 0 radical (unpaired) electrons. The van der Waals surface area contributed by atoms with Crippen molar-refractivity contribution in [1.82, 2.24) is 60.0 Å². The van der Waals surface area contributed by atoms with Gasteiger partial charge < -0.3 is 39.6 Å². The average Bonchev–Trinajstić information content (AvgIpc) is 4.18. The molecule has 18 nitrogen and oxygen atoms in total. The second-order valence-corrected chi connectivity index (χ2v) is 22.1. The van der Waals surface area contributed by atoms with Crippen LogP contribution in [-0.4, -0.2) is 144 Å². The monoisotopic (exact) mass is 1040 g/mol. The second kappa shape index (κ2) is 23.6. The van der Waals surface area contributed by atoms with Gasteiger partial charge in [0.1, 0.15) is 28.9 Å². The number of piperazine rings is 1. The van der Waals surface area contributed by atoms with Crippen molar-refractivity contribution in [1.29, 1.82) is 0 Å². The summed E-state index contributed by atoms with van der Waals surface area (Å²) in [4.78, 5) is 78.8. The van der Waals surface area contributed by atoms with E-state index in [2.05, 4.69) is 75.7 Å². The van der Waals surface area contributed by atoms with Crippen molar-refractivity contribution in [2.75, 3.05) is 64.3 Å². The fourth-order valence-corrected chi connectivity index (χ4v) is 11.1. The van der Waals surface area contributed by atoms with Gasteiger partial charge in [0.05, 0.1) is 17.8 Å². The van der Waals surface area contributed by atoms with Gasteiger partial charge in [-0.1, -0.05) is 59.3 Å². The number of benzene rings is 2. The van der Waals surface area contributed by atoms with Crippen LogP contribution in [0.3, 0.4) is 0 Å². The molecule has 0 spiro atoms. The van der Waals surface area contributed by atoms with Crippen molar-refractivity contribution < 1.29 is 23.9 Å². The highest BCUT2D eigenvalue weighted by molar-refractivity contribution is 8.00. The molecule has 2 saturated heterocycles. The molecule has 72 heavy (non-hydrogen) atoms. The maximum atomic E-state index is 14.7. The van der Waals surface area contributed by atoms with Gasteiger partial charge in [-0.15, -0.1) is 10.2 Å². The number of halogens is 1. The first-order chi connectivity index (χ1) is 34.6. The largest absolute Gasteiger partial charge is 0.444 e. The molecule has 4 aromatic heterocycles. The van der Waals surface area contributed by atoms with Crippen LogP contribution in [0.15, 0.2) is 84.1 Å². The zero-order valence-corrected chi connectivity index (χ0v) is 44.0. The summed E-state index contributed by atoms with van der Waals surface area (Å²) >= 11 is 9.20. The number of unbranched alkanes of at least 4 members (excludes halogenated alkanes) is 2. The second-order valence-electron chi connectivity index (χ2n) is 19.5. The number of aryl methyl sites for hydroxylation is 1. The predicted octanol–water partition coefficient (Wildman–Crippen LogP) is 7.84. The Morgan fingerprint density at radius 2 is 1.75 bits per heavy atom. The summed E-state index contributed by atoms with van der Waals surface area (Å²) in [5.41, 5.74) is 3.05. The topological polar surface area (TPSA) is 200 Å². The zero-order valence-electron chi connectivity index (χ0n) is 41.6. The average molecular weight is 1040 g/mol. The van der Waals surface area contributed by atoms with E-state index in [0.717, 1.165) is 57.5 Å². The van der Waals surface area contributed by atoms with E-state index < -0.39 is 17.2 Å². The third-order valence-corrected chi connectivity index (χ3v) is 15.6. The summed E-state index contributed by atoms with van der Waals surface area (Å²) in [7, 11) is 1.78. The number of alkyl carbamates (subject to hydrolysis) is 1. The minimum absolute atomic E-state index is 0.139. The summed E-state index contributed by atoms with van der Waals surface area (Å²) in [5.74, 6) is 1.20. The molecule has 2 aliphatic rings. The lowest BCUT2D eigenvalue weighted by Crippen LogP contribution is -2.64. The molecule has 0 bridgehead atoms. The van der Waals surface area contributed by atoms with Crippen molar-refractivity contribution in [3.63, 3.8) is 0 Å². The molecule has 0 unspecified atom stereocenters. The number of anilines is 1. The van der Waals surface area contributed by atoms with Crippen molar-refractivity contribution in [2.45, 2.75) is 99.9 Å². The van der Waals surface area contributed by atoms with Crippen LogP contribution in [0.2, 0.25) is 5.02 Å². The van der Waals surface area contributed by atoms with Gasteiger partial charge in [-0.25, -0.2) is 19.7 Å². The maximum Gasteiger partial charge on any atom is 0.408 e. The smallest absolute Gasteiger partial charge is 0.408 e. The number of carbonyl (C=O) groups is 4. The van der Waals surface area contributed by atoms with Gasteiger partial charge >= 0.3 is 6.09 Å². The van der Waals surface area contributed by atoms with Crippen LogP contribution >= 0.6 is 34.7 Å². The summed E-state index contributed by atoms with van der Waals surface area (Å²) in [5, 5.41) is 16.7. The number of hydrogen-bond acceptors (Lipinski definition) is 14. The van der Waals surface area contributed by atoms with Crippen LogP contribution in [0.1, 0.15) is 98.3 Å². The number of fused-ring (bicyclic) bond motifs is 1. The minimum Gasteiger partial charge on any atom is -0.444 e. The lowest BCUT2D eigenvalue weighted by molar-refractivity contribution is -0.133. The van der Waals surface area contributed by atoms with Crippen molar-refractivity contribution in [2.24, 2.45) is 0 Å². The van der Waals surface area contributed by atoms with Crippen molar-refractivity contribution in [3.05, 3.63) is 106 Å². The molecule has 2 aliphatic heterocycles. The highest BCUT2D eigenvalue weighted by Gasteiger charge is 2.45. The highest BCUT2D eigenvalue weighted by atomic mass is 35.5. The third kappa shape index (κ3) is 13.5. The first kappa shape index (κ1) is 52.2. The fourth-order valence-electron chi connectivity index (χ4n) is 9.10. The van der Waals surface area contributed by atoms with Crippen LogP contribution in [0.25, 0.3) is 16.7 Å². The Balaban J connectivity index is 0.776. The van der Waals surface area contributed by atoms with E-state index in [1.54, 1.807) is 57.0 Å². The van der Waals surface area contributed by atoms with Crippen molar-refractivity contribution in [3.8, 4) is 5.69 Å². The number of aromatic nitrogens is 7. The molecule has 3 N–H and O–H groups in total. The summed E-state index contributed by atoms with van der Waals surface area (Å²) in [6.45, 7) is 12.3. The summed E-state index contributed by atoms with van der Waals surface area (Å²) in [6.07, 6.45) is 12.2. The Morgan fingerprint density at radius 3 is 2.47 bits per heavy atom. The highest BCUT2D eigenvalue weighted by Crippen LogP contribution is 2.32. The van der Waals surface area contributed by atoms with Gasteiger partial charge in [-0.05, 0) is 107 Å². The van der Waals surface area contributed by atoms with Crippen molar-refractivity contribution >= 4 is 75.4 Å². The van der Waals surface area contributed by atoms with Gasteiger partial charge in [0.25, 0.3) is 5.91 Å². The standard InChI is InChI=1S/C51H64ClN13O5S2/c1-35-31-39(65-26-21-53-34-65)15-12-37(35)32-71-49-60-59-45(72-49)46(67)61(5)22-8-6-7-9-42(66)63-29-27-62(28-30-63)23-17-41(36-10-13-38(52)14-11-36)57-47(68)51(58-48(69)70-50(2,3)4)18-24-64(25-19-51)44-40-16-20-54-43(40)55-33-56-44/h10-16,20-21,26,31,33-34,41H,6-9,17-19,22-25,27-30,32H2,1-5H3,(H,57,68)(H,58,69)(H,54,55,56)/t41-/m0/s1. The molecule has 0 aliphatic carbocycles. The van der Waals surface area contributed by atoms with E-state index in [1.807, 2.05) is 52.2 Å². The molecule has 0 saturated carbocycles. The summed E-state index contributed by atoms with van der Waals surface area (Å²) in [6, 6.07) is 15.4. The van der Waals surface area contributed by atoms with Crippen LogP contribution in [0.5, 0.6) is 0 Å². The van der Waals surface area contributed by atoms with E-state index in [9.17, 15) is 19.2 Å². The van der Waals surface area contributed by atoms with E-state index in [0.29, 0.717) is 88.1 Å². The van der Waals surface area contributed by atoms with Gasteiger partial charge in [0.2, 0.25) is 16.8 Å². The molecule has 6 aromatic rings. The number of carbonyl (C=O) groups excluding carboxylic acids is 4. The maximum absolute atomic E-state index is 14.7. The number of nitrogens with one attached hydrogen (secondary N) is 3. The number of ether oxygens (including phenoxy) is 1. The Hall–Kier alpha value is -6.09. The van der Waals surface area contributed by atoms with Crippen LogP contribution in [0, 0.1) is 6.92 Å². The summed E-state index contributed by atoms with van der Waals surface area (Å²) < 4.78 is 8.41. The molecule has 2 aromatic carbocycles. The first-order valence-corrected chi connectivity index (χ1v) is 26.7. The molecule has 1 atom stereocenters. The van der Waals surface area contributed by atoms with Gasteiger partial charge in [0.15, 0.2) is 4.34 Å².